The van der Waals surface area contributed by atoms with Gasteiger partial charge < -0.3 is 5.11 Å². The Labute approximate surface area is 122 Å². The molecule has 0 aliphatic heterocycles. The van der Waals surface area contributed by atoms with Crippen LogP contribution in [0.1, 0.15) is 24.4 Å². The standard InChI is InChI=1S/C13H14N4O3S/c1-10(13-14-9-15-16-13)17-21(19,20)12-7-3-2-5-11(12)6-4-8-18/h2-3,5,7,9-10,17-18H,8H2,1H3,(H,14,15,16). The van der Waals surface area contributed by atoms with E-state index >= 15 is 0 Å². The second-order valence-electron chi connectivity index (χ2n) is 4.17. The van der Waals surface area contributed by atoms with E-state index in [0.717, 1.165) is 0 Å². The predicted octanol–water partition coefficient (Wildman–Crippen LogP) is 0.188. The Morgan fingerprint density at radius 1 is 1.43 bits per heavy atom. The fourth-order valence-electron chi connectivity index (χ4n) is 1.71. The summed E-state index contributed by atoms with van der Waals surface area (Å²) in [5.74, 6) is 5.48. The van der Waals surface area contributed by atoms with Crippen LogP contribution in [0.5, 0.6) is 0 Å². The van der Waals surface area contributed by atoms with E-state index in [9.17, 15) is 8.42 Å². The number of aliphatic hydroxyl groups excluding tert-OH is 1. The average Bonchev–Trinajstić information content (AvgIpc) is 2.99. The molecule has 0 saturated carbocycles. The van der Waals surface area contributed by atoms with Gasteiger partial charge in [0.05, 0.1) is 10.9 Å². The van der Waals surface area contributed by atoms with Crippen LogP contribution in [0.25, 0.3) is 0 Å². The Hall–Kier alpha value is -2.21. The van der Waals surface area contributed by atoms with Crippen LogP contribution in [0.3, 0.4) is 0 Å². The summed E-state index contributed by atoms with van der Waals surface area (Å²) in [6.45, 7) is 1.32. The molecule has 1 aromatic heterocycles. The lowest BCUT2D eigenvalue weighted by molar-refractivity contribution is 0.350. The van der Waals surface area contributed by atoms with Crippen LogP contribution in [0, 0.1) is 11.8 Å². The van der Waals surface area contributed by atoms with Crippen LogP contribution in [0.4, 0.5) is 0 Å². The van der Waals surface area contributed by atoms with Crippen molar-refractivity contribution >= 4 is 10.0 Å². The van der Waals surface area contributed by atoms with Crippen LogP contribution in [0.15, 0.2) is 35.5 Å². The number of aromatic amines is 1. The van der Waals surface area contributed by atoms with Gasteiger partial charge in [-0.2, -0.15) is 5.10 Å². The van der Waals surface area contributed by atoms with E-state index < -0.39 is 16.1 Å². The van der Waals surface area contributed by atoms with E-state index in [2.05, 4.69) is 31.7 Å². The number of benzene rings is 1. The van der Waals surface area contributed by atoms with Crippen LogP contribution in [0.2, 0.25) is 0 Å². The molecule has 2 rings (SSSR count). The molecule has 1 heterocycles. The lowest BCUT2D eigenvalue weighted by Gasteiger charge is -2.12. The Morgan fingerprint density at radius 3 is 2.86 bits per heavy atom. The molecule has 8 heteroatoms. The van der Waals surface area contributed by atoms with Gasteiger partial charge in [-0.05, 0) is 19.1 Å². The molecule has 0 bridgehead atoms. The molecule has 0 amide bonds. The van der Waals surface area contributed by atoms with Gasteiger partial charge in [0.1, 0.15) is 18.8 Å². The second kappa shape index (κ2) is 6.49. The molecule has 0 saturated heterocycles. The van der Waals surface area contributed by atoms with Gasteiger partial charge in [-0.25, -0.2) is 18.1 Å². The molecule has 1 atom stereocenters. The smallest absolute Gasteiger partial charge is 0.242 e. The summed E-state index contributed by atoms with van der Waals surface area (Å²) >= 11 is 0. The number of nitrogens with zero attached hydrogens (tertiary/aromatic N) is 2. The predicted molar refractivity (Wildman–Crippen MR) is 75.5 cm³/mol. The fourth-order valence-corrected chi connectivity index (χ4v) is 3.08. The van der Waals surface area contributed by atoms with E-state index in [1.807, 2.05) is 0 Å². The van der Waals surface area contributed by atoms with E-state index in [0.29, 0.717) is 11.4 Å². The highest BCUT2D eigenvalue weighted by atomic mass is 32.2. The van der Waals surface area contributed by atoms with Crippen LogP contribution in [-0.2, 0) is 10.0 Å². The minimum absolute atomic E-state index is 0.0531. The van der Waals surface area contributed by atoms with Gasteiger partial charge in [0, 0.05) is 5.56 Å². The molecule has 2 aromatic rings. The number of rotatable bonds is 4. The maximum absolute atomic E-state index is 12.4. The van der Waals surface area contributed by atoms with E-state index in [4.69, 9.17) is 5.11 Å². The lowest BCUT2D eigenvalue weighted by atomic mass is 10.2. The van der Waals surface area contributed by atoms with Crippen molar-refractivity contribution in [2.75, 3.05) is 6.61 Å². The van der Waals surface area contributed by atoms with Crippen LogP contribution >= 0.6 is 0 Å². The minimum atomic E-state index is -3.77. The first kappa shape index (κ1) is 15.2. The van der Waals surface area contributed by atoms with E-state index in [-0.39, 0.29) is 11.5 Å². The first-order chi connectivity index (χ1) is 10.0. The maximum atomic E-state index is 12.4. The summed E-state index contributed by atoms with van der Waals surface area (Å²) in [6, 6.07) is 5.77. The summed E-state index contributed by atoms with van der Waals surface area (Å²) in [4.78, 5) is 3.96. The Kier molecular flexibility index (Phi) is 4.70. The normalized spacial score (nSPS) is 12.5. The highest BCUT2D eigenvalue weighted by Gasteiger charge is 2.22. The maximum Gasteiger partial charge on any atom is 0.242 e. The van der Waals surface area contributed by atoms with Crippen molar-refractivity contribution < 1.29 is 13.5 Å². The molecule has 1 aromatic carbocycles. The summed E-state index contributed by atoms with van der Waals surface area (Å²) in [7, 11) is -3.77. The molecule has 0 fully saturated rings. The van der Waals surface area contributed by atoms with Crippen molar-refractivity contribution in [2.45, 2.75) is 17.9 Å². The lowest BCUT2D eigenvalue weighted by Crippen LogP contribution is -2.28. The fraction of sp³-hybridized carbons (Fsp3) is 0.231. The average molecular weight is 306 g/mol. The molecule has 110 valence electrons. The molecule has 3 N–H and O–H groups in total. The number of aromatic nitrogens is 3. The molecule has 0 aliphatic carbocycles. The highest BCUT2D eigenvalue weighted by Crippen LogP contribution is 2.17. The molecule has 7 nitrogen and oxygen atoms in total. The van der Waals surface area contributed by atoms with Gasteiger partial charge in [0.25, 0.3) is 0 Å². The third-order valence-corrected chi connectivity index (χ3v) is 4.25. The van der Waals surface area contributed by atoms with E-state index in [1.54, 1.807) is 25.1 Å². The van der Waals surface area contributed by atoms with Gasteiger partial charge in [0.15, 0.2) is 0 Å². The van der Waals surface area contributed by atoms with Gasteiger partial charge in [-0.15, -0.1) is 0 Å². The van der Waals surface area contributed by atoms with Crippen LogP contribution < -0.4 is 4.72 Å². The minimum Gasteiger partial charge on any atom is -0.384 e. The summed E-state index contributed by atoms with van der Waals surface area (Å²) < 4.78 is 27.3. The van der Waals surface area contributed by atoms with Crippen molar-refractivity contribution in [1.29, 1.82) is 0 Å². The quantitative estimate of drug-likeness (QED) is 0.699. The first-order valence-electron chi connectivity index (χ1n) is 6.11. The molecular weight excluding hydrogens is 292 g/mol. The van der Waals surface area contributed by atoms with Crippen molar-refractivity contribution in [1.82, 2.24) is 19.9 Å². The number of nitrogens with one attached hydrogen (secondary N) is 2. The number of hydrogen-bond donors (Lipinski definition) is 3. The first-order valence-corrected chi connectivity index (χ1v) is 7.59. The molecule has 21 heavy (non-hydrogen) atoms. The largest absolute Gasteiger partial charge is 0.384 e. The topological polar surface area (TPSA) is 108 Å². The Morgan fingerprint density at radius 2 is 2.19 bits per heavy atom. The summed E-state index contributed by atoms with van der Waals surface area (Å²) in [5, 5.41) is 15.0. The number of sulfonamides is 1. The van der Waals surface area contributed by atoms with Crippen molar-refractivity contribution in [3.05, 3.63) is 42.0 Å². The van der Waals surface area contributed by atoms with Crippen LogP contribution in [-0.4, -0.2) is 35.3 Å². The zero-order valence-electron chi connectivity index (χ0n) is 11.2. The summed E-state index contributed by atoms with van der Waals surface area (Å²) in [6.07, 6.45) is 1.31. The molecule has 0 radical (unpaired) electrons. The van der Waals surface area contributed by atoms with Crippen molar-refractivity contribution in [2.24, 2.45) is 0 Å². The van der Waals surface area contributed by atoms with Gasteiger partial charge in [-0.3, -0.25) is 5.10 Å². The third kappa shape index (κ3) is 3.66. The zero-order chi connectivity index (χ0) is 15.3. The SMILES string of the molecule is CC(NS(=O)(=O)c1ccccc1C#CCO)c1ncn[nH]1. The third-order valence-electron chi connectivity index (χ3n) is 2.65. The number of hydrogen-bond acceptors (Lipinski definition) is 5. The summed E-state index contributed by atoms with van der Waals surface area (Å²) in [5.41, 5.74) is 0.323. The monoisotopic (exact) mass is 306 g/mol. The second-order valence-corrected chi connectivity index (χ2v) is 5.85. The molecule has 0 aliphatic rings. The number of H-pyrrole nitrogens is 1. The van der Waals surface area contributed by atoms with Gasteiger partial charge in [0.2, 0.25) is 10.0 Å². The van der Waals surface area contributed by atoms with Crippen molar-refractivity contribution in [3.63, 3.8) is 0 Å². The van der Waals surface area contributed by atoms with E-state index in [1.165, 1.54) is 12.4 Å². The Bertz CT molecular complexity index is 760. The number of aliphatic hydroxyl groups is 1. The van der Waals surface area contributed by atoms with Gasteiger partial charge in [-0.1, -0.05) is 24.0 Å². The van der Waals surface area contributed by atoms with Gasteiger partial charge >= 0.3 is 0 Å². The molecular formula is C13H14N4O3S. The van der Waals surface area contributed by atoms with Crippen molar-refractivity contribution in [3.8, 4) is 11.8 Å². The Balaban J connectivity index is 2.32. The highest BCUT2D eigenvalue weighted by molar-refractivity contribution is 7.89. The molecule has 1 unspecified atom stereocenters. The molecule has 0 spiro atoms. The zero-order valence-corrected chi connectivity index (χ0v) is 12.1.